The summed E-state index contributed by atoms with van der Waals surface area (Å²) in [5.41, 5.74) is 6.78. The van der Waals surface area contributed by atoms with Crippen LogP contribution in [-0.2, 0) is 6.54 Å². The molecule has 3 rings (SSSR count). The van der Waals surface area contributed by atoms with E-state index in [1.807, 2.05) is 0 Å². The zero-order valence-electron chi connectivity index (χ0n) is 11.7. The number of nitrogens with two attached hydrogens (primary N) is 1. The molecule has 0 aliphatic heterocycles. The Morgan fingerprint density at radius 2 is 2.09 bits per heavy atom. The van der Waals surface area contributed by atoms with Crippen LogP contribution in [0.15, 0.2) is 30.5 Å². The third kappa shape index (κ3) is 2.43. The molecule has 0 amide bonds. The minimum Gasteiger partial charge on any atom is -0.491 e. The van der Waals surface area contributed by atoms with Crippen molar-refractivity contribution in [1.29, 1.82) is 0 Å². The van der Waals surface area contributed by atoms with Crippen LogP contribution in [0.25, 0.3) is 22.4 Å². The van der Waals surface area contributed by atoms with Gasteiger partial charge in [0.1, 0.15) is 12.2 Å². The standard InChI is InChI=1S/C14H13F2N5O/c1-22-10-6-18-14(19-13(10)17)12-8-4-2-3-5-9(8)20-21(12)7-11(15)16/h2-6,11H,7H2,1H3,(H2,17,18,19). The highest BCUT2D eigenvalue weighted by atomic mass is 19.3. The first kappa shape index (κ1) is 14.2. The molecule has 2 N–H and O–H groups in total. The lowest BCUT2D eigenvalue weighted by Crippen LogP contribution is -2.11. The van der Waals surface area contributed by atoms with Crippen molar-refractivity contribution in [1.82, 2.24) is 19.7 Å². The average molecular weight is 305 g/mol. The first-order valence-corrected chi connectivity index (χ1v) is 6.50. The molecule has 0 bridgehead atoms. The molecule has 0 fully saturated rings. The number of hydrogen-bond donors (Lipinski definition) is 1. The van der Waals surface area contributed by atoms with Crippen molar-refractivity contribution in [2.24, 2.45) is 0 Å². The lowest BCUT2D eigenvalue weighted by Gasteiger charge is -2.08. The van der Waals surface area contributed by atoms with Gasteiger partial charge < -0.3 is 10.5 Å². The van der Waals surface area contributed by atoms with Gasteiger partial charge in [0.05, 0.1) is 18.8 Å². The van der Waals surface area contributed by atoms with Gasteiger partial charge in [-0.1, -0.05) is 18.2 Å². The van der Waals surface area contributed by atoms with Gasteiger partial charge in [-0.25, -0.2) is 18.7 Å². The Hall–Kier alpha value is -2.77. The van der Waals surface area contributed by atoms with Crippen molar-refractivity contribution < 1.29 is 13.5 Å². The van der Waals surface area contributed by atoms with Gasteiger partial charge >= 0.3 is 0 Å². The van der Waals surface area contributed by atoms with Crippen molar-refractivity contribution in [2.75, 3.05) is 12.8 Å². The second-order valence-corrected chi connectivity index (χ2v) is 4.59. The first-order chi connectivity index (χ1) is 10.6. The number of rotatable bonds is 4. The minimum absolute atomic E-state index is 0.140. The number of nitrogen functional groups attached to an aromatic ring is 1. The summed E-state index contributed by atoms with van der Waals surface area (Å²) in [6, 6.07) is 7.11. The van der Waals surface area contributed by atoms with E-state index >= 15 is 0 Å². The Balaban J connectivity index is 2.21. The van der Waals surface area contributed by atoms with Gasteiger partial charge in [-0.15, -0.1) is 0 Å². The fraction of sp³-hybridized carbons (Fsp3) is 0.214. The third-order valence-corrected chi connectivity index (χ3v) is 3.17. The SMILES string of the molecule is COc1cnc(-c2c3ccccc3nn2CC(F)F)nc1N. The maximum Gasteiger partial charge on any atom is 0.257 e. The summed E-state index contributed by atoms with van der Waals surface area (Å²) >= 11 is 0. The average Bonchev–Trinajstić information content (AvgIpc) is 2.84. The predicted octanol–water partition coefficient (Wildman–Crippen LogP) is 2.35. The molecule has 0 radical (unpaired) electrons. The van der Waals surface area contributed by atoms with Gasteiger partial charge in [0.2, 0.25) is 0 Å². The van der Waals surface area contributed by atoms with Crippen molar-refractivity contribution >= 4 is 16.7 Å². The normalized spacial score (nSPS) is 11.3. The molecule has 2 heterocycles. The quantitative estimate of drug-likeness (QED) is 0.800. The highest BCUT2D eigenvalue weighted by Crippen LogP contribution is 2.29. The molecule has 6 nitrogen and oxygen atoms in total. The zero-order chi connectivity index (χ0) is 15.7. The van der Waals surface area contributed by atoms with Crippen molar-refractivity contribution in [3.05, 3.63) is 30.5 Å². The van der Waals surface area contributed by atoms with Crippen LogP contribution in [-0.4, -0.2) is 33.3 Å². The van der Waals surface area contributed by atoms with Crippen LogP contribution < -0.4 is 10.5 Å². The third-order valence-electron chi connectivity index (χ3n) is 3.17. The summed E-state index contributed by atoms with van der Waals surface area (Å²) in [4.78, 5) is 8.29. The van der Waals surface area contributed by atoms with Crippen molar-refractivity contribution in [2.45, 2.75) is 13.0 Å². The Kier molecular flexibility index (Phi) is 3.58. The van der Waals surface area contributed by atoms with E-state index in [1.54, 1.807) is 24.3 Å². The van der Waals surface area contributed by atoms with E-state index < -0.39 is 13.0 Å². The predicted molar refractivity (Wildman–Crippen MR) is 77.7 cm³/mol. The number of nitrogens with zero attached hydrogens (tertiary/aromatic N) is 4. The monoisotopic (exact) mass is 305 g/mol. The molecule has 8 heteroatoms. The number of alkyl halides is 2. The van der Waals surface area contributed by atoms with E-state index in [4.69, 9.17) is 10.5 Å². The van der Waals surface area contributed by atoms with Gasteiger partial charge in [0, 0.05) is 5.39 Å². The number of methoxy groups -OCH3 is 1. The maximum absolute atomic E-state index is 12.8. The fourth-order valence-corrected chi connectivity index (χ4v) is 2.23. The Bertz CT molecular complexity index is 818. The van der Waals surface area contributed by atoms with E-state index in [-0.39, 0.29) is 11.6 Å². The zero-order valence-corrected chi connectivity index (χ0v) is 11.7. The van der Waals surface area contributed by atoms with Crippen molar-refractivity contribution in [3.8, 4) is 17.3 Å². The second-order valence-electron chi connectivity index (χ2n) is 4.59. The molecule has 0 aliphatic carbocycles. The summed E-state index contributed by atoms with van der Waals surface area (Å²) in [6.45, 7) is -0.542. The molecule has 0 unspecified atom stereocenters. The highest BCUT2D eigenvalue weighted by Gasteiger charge is 2.19. The summed E-state index contributed by atoms with van der Waals surface area (Å²) in [7, 11) is 1.45. The van der Waals surface area contributed by atoms with Crippen LogP contribution >= 0.6 is 0 Å². The molecular weight excluding hydrogens is 292 g/mol. The second kappa shape index (κ2) is 5.55. The summed E-state index contributed by atoms with van der Waals surface area (Å²) in [6.07, 6.45) is -1.13. The Morgan fingerprint density at radius 3 is 2.77 bits per heavy atom. The van der Waals surface area contributed by atoms with E-state index in [1.165, 1.54) is 18.0 Å². The highest BCUT2D eigenvalue weighted by molar-refractivity contribution is 5.91. The van der Waals surface area contributed by atoms with Crippen LogP contribution in [0, 0.1) is 0 Å². The molecule has 1 aromatic carbocycles. The Labute approximate surface area is 124 Å². The molecule has 22 heavy (non-hydrogen) atoms. The van der Waals surface area contributed by atoms with Gasteiger partial charge in [0.15, 0.2) is 17.4 Å². The maximum atomic E-state index is 12.8. The molecule has 0 atom stereocenters. The van der Waals surface area contributed by atoms with E-state index in [2.05, 4.69) is 15.1 Å². The fourth-order valence-electron chi connectivity index (χ4n) is 2.23. The molecule has 114 valence electrons. The van der Waals surface area contributed by atoms with E-state index in [0.717, 1.165) is 0 Å². The van der Waals surface area contributed by atoms with Crippen molar-refractivity contribution in [3.63, 3.8) is 0 Å². The number of benzene rings is 1. The number of hydrogen-bond acceptors (Lipinski definition) is 5. The van der Waals surface area contributed by atoms with Crippen LogP contribution in [0.2, 0.25) is 0 Å². The number of ether oxygens (including phenoxy) is 1. The lowest BCUT2D eigenvalue weighted by atomic mass is 10.2. The molecule has 3 aromatic rings. The first-order valence-electron chi connectivity index (χ1n) is 6.50. The van der Waals surface area contributed by atoms with Crippen LogP contribution in [0.1, 0.15) is 0 Å². The van der Waals surface area contributed by atoms with Crippen LogP contribution in [0.5, 0.6) is 5.75 Å². The number of anilines is 1. The summed E-state index contributed by atoms with van der Waals surface area (Å²) in [5.74, 6) is 0.696. The molecule has 0 saturated heterocycles. The van der Waals surface area contributed by atoms with E-state index in [0.29, 0.717) is 22.3 Å². The smallest absolute Gasteiger partial charge is 0.257 e. The van der Waals surface area contributed by atoms with Gasteiger partial charge in [-0.2, -0.15) is 5.10 Å². The summed E-state index contributed by atoms with van der Waals surface area (Å²) < 4.78 is 31.8. The molecular formula is C14H13F2N5O. The Morgan fingerprint density at radius 1 is 1.32 bits per heavy atom. The van der Waals surface area contributed by atoms with Gasteiger partial charge in [-0.05, 0) is 6.07 Å². The molecule has 0 saturated carbocycles. The van der Waals surface area contributed by atoms with Gasteiger partial charge in [-0.3, -0.25) is 4.68 Å². The van der Waals surface area contributed by atoms with Crippen LogP contribution in [0.3, 0.4) is 0 Å². The lowest BCUT2D eigenvalue weighted by molar-refractivity contribution is 0.122. The molecule has 0 aliphatic rings. The van der Waals surface area contributed by atoms with Crippen LogP contribution in [0.4, 0.5) is 14.6 Å². The number of fused-ring (bicyclic) bond motifs is 1. The number of aromatic nitrogens is 4. The number of halogens is 2. The summed E-state index contributed by atoms with van der Waals surface area (Å²) in [5, 5.41) is 4.87. The largest absolute Gasteiger partial charge is 0.491 e. The van der Waals surface area contributed by atoms with E-state index in [9.17, 15) is 8.78 Å². The molecule has 2 aromatic heterocycles. The minimum atomic E-state index is -2.54. The van der Waals surface area contributed by atoms with Gasteiger partial charge in [0.25, 0.3) is 6.43 Å². The topological polar surface area (TPSA) is 78.9 Å². The molecule has 0 spiro atoms.